The Bertz CT molecular complexity index is 1380. The van der Waals surface area contributed by atoms with Gasteiger partial charge in [-0.15, -0.1) is 0 Å². The van der Waals surface area contributed by atoms with Crippen LogP contribution < -0.4 is 21.3 Å². The highest BCUT2D eigenvalue weighted by molar-refractivity contribution is 6.02. The highest BCUT2D eigenvalue weighted by Gasteiger charge is 2.42. The van der Waals surface area contributed by atoms with Crippen molar-refractivity contribution >= 4 is 35.1 Å². The number of aromatic nitrogens is 1. The monoisotopic (exact) mass is 632 g/mol. The van der Waals surface area contributed by atoms with Gasteiger partial charge in [0.05, 0.1) is 5.56 Å². The number of Topliss-reactive ketones (excluding diaryl/α,β-unsaturated/α-hetero) is 1. The summed E-state index contributed by atoms with van der Waals surface area (Å²) in [5, 5.41) is 14.0. The van der Waals surface area contributed by atoms with Crippen molar-refractivity contribution in [1.29, 1.82) is 0 Å². The fourth-order valence-corrected chi connectivity index (χ4v) is 7.09. The van der Waals surface area contributed by atoms with E-state index in [2.05, 4.69) is 27.5 Å². The smallest absolute Gasteiger partial charge is 0.300 e. The van der Waals surface area contributed by atoms with Crippen LogP contribution >= 0.6 is 0 Å². The number of primary amides is 1. The number of ketones is 1. The number of rotatable bonds is 11. The molecule has 2 aromatic rings. The van der Waals surface area contributed by atoms with Crippen LogP contribution in [0, 0.1) is 11.8 Å². The van der Waals surface area contributed by atoms with Crippen LogP contribution in [0.4, 0.5) is 11.5 Å². The second-order valence-corrected chi connectivity index (χ2v) is 13.5. The molecular weight excluding hydrogens is 584 g/mol. The molecule has 4 aliphatic rings. The summed E-state index contributed by atoms with van der Waals surface area (Å²) < 4.78 is 0. The van der Waals surface area contributed by atoms with Crippen LogP contribution in [0.2, 0.25) is 0 Å². The van der Waals surface area contributed by atoms with Gasteiger partial charge in [0.1, 0.15) is 5.82 Å². The van der Waals surface area contributed by atoms with Gasteiger partial charge in [-0.1, -0.05) is 0 Å². The van der Waals surface area contributed by atoms with Crippen LogP contribution in [0.5, 0.6) is 0 Å². The van der Waals surface area contributed by atoms with Gasteiger partial charge in [-0.3, -0.25) is 19.2 Å². The van der Waals surface area contributed by atoms with E-state index >= 15 is 0 Å². The Labute approximate surface area is 271 Å². The number of piperidine rings is 2. The van der Waals surface area contributed by atoms with Crippen LogP contribution in [0.3, 0.4) is 0 Å². The minimum absolute atomic E-state index is 0.0744. The van der Waals surface area contributed by atoms with Crippen molar-refractivity contribution < 1.29 is 24.3 Å². The van der Waals surface area contributed by atoms with E-state index in [0.717, 1.165) is 64.5 Å². The molecule has 4 fully saturated rings. The second kappa shape index (κ2) is 15.1. The fourth-order valence-electron chi connectivity index (χ4n) is 7.09. The first-order valence-corrected chi connectivity index (χ1v) is 16.7. The Hall–Kier alpha value is -3.99. The SMILES string of the molecule is CC(=O)O.CN1CCC(CCC(=O)c2ccc(N3C4CCC3CC(NC(=O)c3ccc(C(N)=O)c(NCC5CC5)c3)C4)nc2)CC1. The molecule has 248 valence electrons. The Balaban J connectivity index is 0.000000985. The number of carbonyl (C=O) groups is 4. The zero-order chi connectivity index (χ0) is 32.8. The molecule has 11 heteroatoms. The summed E-state index contributed by atoms with van der Waals surface area (Å²) in [6.07, 6.45) is 11.9. The molecule has 4 heterocycles. The molecule has 46 heavy (non-hydrogen) atoms. The number of aliphatic carboxylic acids is 1. The van der Waals surface area contributed by atoms with Gasteiger partial charge < -0.3 is 31.3 Å². The van der Waals surface area contributed by atoms with Crippen molar-refractivity contribution in [2.75, 3.05) is 36.9 Å². The third-order valence-corrected chi connectivity index (χ3v) is 9.85. The second-order valence-electron chi connectivity index (χ2n) is 13.5. The van der Waals surface area contributed by atoms with Gasteiger partial charge in [0, 0.05) is 61.0 Å². The molecule has 2 amide bonds. The van der Waals surface area contributed by atoms with Crippen molar-refractivity contribution in [3.05, 3.63) is 53.2 Å². The fraction of sp³-hybridized carbons (Fsp3) is 0.571. The first-order chi connectivity index (χ1) is 22.1. The lowest BCUT2D eigenvalue weighted by Crippen LogP contribution is -2.50. The van der Waals surface area contributed by atoms with Crippen LogP contribution in [-0.2, 0) is 4.79 Å². The molecule has 3 aliphatic heterocycles. The number of nitrogens with zero attached hydrogens (tertiary/aromatic N) is 3. The van der Waals surface area contributed by atoms with Crippen molar-refractivity contribution in [2.24, 2.45) is 17.6 Å². The van der Waals surface area contributed by atoms with Gasteiger partial charge in [0.15, 0.2) is 5.78 Å². The molecule has 1 aliphatic carbocycles. The lowest BCUT2D eigenvalue weighted by molar-refractivity contribution is -0.134. The molecular formula is C35H48N6O5. The van der Waals surface area contributed by atoms with Crippen molar-refractivity contribution in [1.82, 2.24) is 15.2 Å². The first-order valence-electron chi connectivity index (χ1n) is 16.7. The van der Waals surface area contributed by atoms with Gasteiger partial charge >= 0.3 is 0 Å². The number of hydrogen-bond donors (Lipinski definition) is 4. The summed E-state index contributed by atoms with van der Waals surface area (Å²) in [5.41, 5.74) is 7.85. The van der Waals surface area contributed by atoms with E-state index in [0.29, 0.717) is 52.7 Å². The summed E-state index contributed by atoms with van der Waals surface area (Å²) in [7, 11) is 2.16. The number of pyridine rings is 1. The molecule has 11 nitrogen and oxygen atoms in total. The van der Waals surface area contributed by atoms with E-state index in [1.165, 1.54) is 25.7 Å². The van der Waals surface area contributed by atoms with Gasteiger partial charge in [-0.05, 0) is 120 Å². The van der Waals surface area contributed by atoms with E-state index in [-0.39, 0.29) is 17.7 Å². The largest absolute Gasteiger partial charge is 0.481 e. The Morgan fingerprint density at radius 2 is 1.59 bits per heavy atom. The average molecular weight is 633 g/mol. The minimum atomic E-state index is -0.833. The number of carboxylic acids is 1. The Morgan fingerprint density at radius 3 is 2.17 bits per heavy atom. The number of amides is 2. The highest BCUT2D eigenvalue weighted by atomic mass is 16.4. The molecule has 2 bridgehead atoms. The van der Waals surface area contributed by atoms with Crippen LogP contribution in [0.25, 0.3) is 0 Å². The van der Waals surface area contributed by atoms with Crippen molar-refractivity contribution in [3.8, 4) is 0 Å². The maximum Gasteiger partial charge on any atom is 0.300 e. The number of carbonyl (C=O) groups excluding carboxylic acids is 3. The zero-order valence-corrected chi connectivity index (χ0v) is 27.0. The topological polar surface area (TPSA) is 158 Å². The van der Waals surface area contributed by atoms with E-state index in [9.17, 15) is 14.4 Å². The molecule has 5 N–H and O–H groups in total. The number of nitrogens with one attached hydrogen (secondary N) is 2. The standard InChI is InChI=1S/C33H44N6O3.C2H4O2/c1-38-14-12-21(13-15-38)4-10-30(40)24-6-11-31(36-20-24)39-26-7-8-27(39)18-25(17-26)37-33(42)23-5-9-28(32(34)41)29(16-23)35-19-22-2-3-22;1-2(3)4/h5-6,9,11,16,20-22,25-27,35H,2-4,7-8,10,12-15,17-19H2,1H3,(H2,34,41)(H,37,42);1H3,(H,3,4). The molecule has 3 saturated heterocycles. The molecule has 0 radical (unpaired) electrons. The highest BCUT2D eigenvalue weighted by Crippen LogP contribution is 2.39. The summed E-state index contributed by atoms with van der Waals surface area (Å²) in [4.78, 5) is 56.5. The molecule has 2 unspecified atom stereocenters. The van der Waals surface area contributed by atoms with Crippen molar-refractivity contribution in [3.63, 3.8) is 0 Å². The molecule has 6 rings (SSSR count). The predicted octanol–water partition coefficient (Wildman–Crippen LogP) is 4.33. The van der Waals surface area contributed by atoms with E-state index in [1.54, 1.807) is 24.4 Å². The van der Waals surface area contributed by atoms with Crippen LogP contribution in [0.1, 0.15) is 102 Å². The molecule has 1 aromatic carbocycles. The quantitative estimate of drug-likeness (QED) is 0.265. The molecule has 0 spiro atoms. The minimum Gasteiger partial charge on any atom is -0.481 e. The maximum absolute atomic E-state index is 13.2. The van der Waals surface area contributed by atoms with Crippen LogP contribution in [-0.4, -0.2) is 83.4 Å². The predicted molar refractivity (Wildman–Crippen MR) is 177 cm³/mol. The Morgan fingerprint density at radius 1 is 0.935 bits per heavy atom. The van der Waals surface area contributed by atoms with E-state index < -0.39 is 11.9 Å². The number of likely N-dealkylation sites (tertiary alicyclic amines) is 1. The number of anilines is 2. The Kier molecular flexibility index (Phi) is 10.9. The van der Waals surface area contributed by atoms with Gasteiger partial charge in [-0.25, -0.2) is 4.98 Å². The first kappa shape index (κ1) is 33.4. The normalized spacial score (nSPS) is 22.8. The van der Waals surface area contributed by atoms with Gasteiger partial charge in [0.2, 0.25) is 0 Å². The molecule has 2 atom stereocenters. The van der Waals surface area contributed by atoms with E-state index in [1.807, 2.05) is 12.1 Å². The van der Waals surface area contributed by atoms with E-state index in [4.69, 9.17) is 20.6 Å². The molecule has 1 aromatic heterocycles. The lowest BCUT2D eigenvalue weighted by Gasteiger charge is -2.40. The van der Waals surface area contributed by atoms with Gasteiger partial charge in [-0.2, -0.15) is 0 Å². The zero-order valence-electron chi connectivity index (χ0n) is 27.0. The number of carboxylic acid groups (broad SMARTS) is 1. The number of fused-ring (bicyclic) bond motifs is 2. The van der Waals surface area contributed by atoms with Gasteiger partial charge in [0.25, 0.3) is 17.8 Å². The number of hydrogen-bond acceptors (Lipinski definition) is 8. The lowest BCUT2D eigenvalue weighted by atomic mass is 9.91. The summed E-state index contributed by atoms with van der Waals surface area (Å²) in [6, 6.07) is 9.71. The van der Waals surface area contributed by atoms with Crippen LogP contribution in [0.15, 0.2) is 36.5 Å². The van der Waals surface area contributed by atoms with Crippen molar-refractivity contribution in [2.45, 2.75) is 89.3 Å². The summed E-state index contributed by atoms with van der Waals surface area (Å²) in [6.45, 7) is 4.12. The summed E-state index contributed by atoms with van der Waals surface area (Å²) >= 11 is 0. The third-order valence-electron chi connectivity index (χ3n) is 9.85. The number of nitrogens with two attached hydrogens (primary N) is 1. The maximum atomic E-state index is 13.2. The average Bonchev–Trinajstić information content (AvgIpc) is 3.82. The summed E-state index contributed by atoms with van der Waals surface area (Å²) in [5.74, 6) is 0.932. The third kappa shape index (κ3) is 8.84. The number of benzene rings is 1. The molecule has 1 saturated carbocycles.